The van der Waals surface area contributed by atoms with E-state index in [0.717, 1.165) is 43.6 Å². The Morgan fingerprint density at radius 3 is 2.79 bits per heavy atom. The van der Waals surface area contributed by atoms with Crippen molar-refractivity contribution in [1.82, 2.24) is 9.88 Å². The molecule has 0 radical (unpaired) electrons. The number of aromatic nitrogens is 1. The number of carbonyl (C=O) groups is 1. The van der Waals surface area contributed by atoms with Crippen LogP contribution in [0, 0.1) is 0 Å². The number of halogens is 1. The molecular formula is C17H24ClN3OS2. The van der Waals surface area contributed by atoms with E-state index in [1.54, 1.807) is 23.1 Å². The van der Waals surface area contributed by atoms with Crippen molar-refractivity contribution in [2.24, 2.45) is 5.73 Å². The molecule has 0 saturated carbocycles. The zero-order valence-corrected chi connectivity index (χ0v) is 16.3. The maximum Gasteiger partial charge on any atom is 0.239 e. The number of piperidine rings is 1. The van der Waals surface area contributed by atoms with Crippen LogP contribution in [0.1, 0.15) is 30.2 Å². The summed E-state index contributed by atoms with van der Waals surface area (Å²) in [6, 6.07) is 7.94. The van der Waals surface area contributed by atoms with Gasteiger partial charge in [-0.2, -0.15) is 11.8 Å². The lowest BCUT2D eigenvalue weighted by molar-refractivity contribution is -0.133. The molecule has 1 aliphatic heterocycles. The third kappa shape index (κ3) is 4.42. The van der Waals surface area contributed by atoms with Crippen molar-refractivity contribution in [3.63, 3.8) is 0 Å². The molecule has 2 heterocycles. The number of likely N-dealkylation sites (tertiary alicyclic amines) is 1. The lowest BCUT2D eigenvalue weighted by atomic mass is 9.97. The molecule has 1 amide bonds. The fourth-order valence-corrected chi connectivity index (χ4v) is 4.64. The Morgan fingerprint density at radius 1 is 1.42 bits per heavy atom. The number of thiazole rings is 1. The Hall–Kier alpha value is -0.820. The minimum absolute atomic E-state index is 0. The van der Waals surface area contributed by atoms with Gasteiger partial charge in [-0.25, -0.2) is 4.98 Å². The van der Waals surface area contributed by atoms with Gasteiger partial charge in [-0.15, -0.1) is 23.7 Å². The van der Waals surface area contributed by atoms with Gasteiger partial charge in [-0.05, 0) is 43.4 Å². The summed E-state index contributed by atoms with van der Waals surface area (Å²) in [5.41, 5.74) is 7.10. The van der Waals surface area contributed by atoms with Crippen LogP contribution in [-0.2, 0) is 4.79 Å². The van der Waals surface area contributed by atoms with Gasteiger partial charge in [0, 0.05) is 19.0 Å². The number of para-hydroxylation sites is 1. The summed E-state index contributed by atoms with van der Waals surface area (Å²) >= 11 is 3.52. The van der Waals surface area contributed by atoms with Crippen LogP contribution in [0.2, 0.25) is 0 Å². The molecule has 2 aromatic rings. The third-order valence-corrected chi connectivity index (χ3v) is 6.26. The molecule has 1 aromatic heterocycles. The van der Waals surface area contributed by atoms with E-state index in [1.165, 1.54) is 9.71 Å². The molecule has 0 bridgehead atoms. The van der Waals surface area contributed by atoms with Gasteiger partial charge in [0.25, 0.3) is 0 Å². The molecule has 1 saturated heterocycles. The fraction of sp³-hybridized carbons (Fsp3) is 0.529. The summed E-state index contributed by atoms with van der Waals surface area (Å²) in [5, 5.41) is 1.21. The molecule has 0 aliphatic carbocycles. The van der Waals surface area contributed by atoms with Gasteiger partial charge in [0.2, 0.25) is 5.91 Å². The standard InChI is InChI=1S/C17H23N3OS2.ClH/c1-22-11-8-13(18)17(21)20-9-6-12(7-10-20)16-19-14-4-2-3-5-15(14)23-16;/h2-5,12-13H,6-11,18H2,1H3;1H/t13-;/m0./s1. The van der Waals surface area contributed by atoms with Crippen molar-refractivity contribution in [2.45, 2.75) is 31.2 Å². The van der Waals surface area contributed by atoms with E-state index in [0.29, 0.717) is 5.92 Å². The molecule has 1 aromatic carbocycles. The SMILES string of the molecule is CSCC[C@H](N)C(=O)N1CCC(c2nc3ccccc3s2)CC1.Cl. The maximum atomic E-state index is 12.4. The average molecular weight is 386 g/mol. The Morgan fingerprint density at radius 2 is 2.12 bits per heavy atom. The van der Waals surface area contributed by atoms with E-state index in [-0.39, 0.29) is 24.4 Å². The number of hydrogen-bond acceptors (Lipinski definition) is 5. The van der Waals surface area contributed by atoms with E-state index in [4.69, 9.17) is 10.7 Å². The van der Waals surface area contributed by atoms with Gasteiger partial charge >= 0.3 is 0 Å². The first-order chi connectivity index (χ1) is 11.2. The average Bonchev–Trinajstić information content (AvgIpc) is 3.03. The first kappa shape index (κ1) is 19.5. The predicted molar refractivity (Wildman–Crippen MR) is 106 cm³/mol. The van der Waals surface area contributed by atoms with Gasteiger partial charge in [0.15, 0.2) is 0 Å². The van der Waals surface area contributed by atoms with Crippen LogP contribution in [0.25, 0.3) is 10.2 Å². The number of nitrogens with zero attached hydrogens (tertiary/aromatic N) is 2. The van der Waals surface area contributed by atoms with Crippen LogP contribution < -0.4 is 5.73 Å². The highest BCUT2D eigenvalue weighted by molar-refractivity contribution is 7.98. The van der Waals surface area contributed by atoms with Crippen LogP contribution in [-0.4, -0.2) is 46.9 Å². The number of rotatable bonds is 5. The highest BCUT2D eigenvalue weighted by Gasteiger charge is 2.28. The summed E-state index contributed by atoms with van der Waals surface area (Å²) in [6.07, 6.45) is 4.78. The molecular weight excluding hydrogens is 362 g/mol. The summed E-state index contributed by atoms with van der Waals surface area (Å²) < 4.78 is 1.25. The number of hydrogen-bond donors (Lipinski definition) is 1. The zero-order chi connectivity index (χ0) is 16.2. The second-order valence-electron chi connectivity index (χ2n) is 6.01. The zero-order valence-electron chi connectivity index (χ0n) is 13.8. The molecule has 7 heteroatoms. The molecule has 132 valence electrons. The quantitative estimate of drug-likeness (QED) is 0.855. The van der Waals surface area contributed by atoms with Crippen molar-refractivity contribution in [1.29, 1.82) is 0 Å². The number of nitrogens with two attached hydrogens (primary N) is 1. The predicted octanol–water partition coefficient (Wildman–Crippen LogP) is 3.50. The summed E-state index contributed by atoms with van der Waals surface area (Å²) in [7, 11) is 0. The molecule has 0 unspecified atom stereocenters. The van der Waals surface area contributed by atoms with Crippen molar-refractivity contribution < 1.29 is 4.79 Å². The van der Waals surface area contributed by atoms with E-state index in [2.05, 4.69) is 18.2 Å². The van der Waals surface area contributed by atoms with Crippen molar-refractivity contribution in [2.75, 3.05) is 25.1 Å². The van der Waals surface area contributed by atoms with Crippen LogP contribution in [0.3, 0.4) is 0 Å². The highest BCUT2D eigenvalue weighted by Crippen LogP contribution is 2.33. The number of carbonyl (C=O) groups excluding carboxylic acids is 1. The lowest BCUT2D eigenvalue weighted by Gasteiger charge is -2.32. The topological polar surface area (TPSA) is 59.2 Å². The number of amides is 1. The van der Waals surface area contributed by atoms with E-state index in [9.17, 15) is 4.79 Å². The fourth-order valence-electron chi connectivity index (χ4n) is 3.01. The largest absolute Gasteiger partial charge is 0.341 e. The van der Waals surface area contributed by atoms with Crippen molar-refractivity contribution in [3.8, 4) is 0 Å². The molecule has 2 N–H and O–H groups in total. The van der Waals surface area contributed by atoms with E-state index in [1.807, 2.05) is 17.2 Å². The number of fused-ring (bicyclic) bond motifs is 1. The lowest BCUT2D eigenvalue weighted by Crippen LogP contribution is -2.47. The van der Waals surface area contributed by atoms with Crippen molar-refractivity contribution >= 4 is 51.6 Å². The van der Waals surface area contributed by atoms with Crippen LogP contribution in [0.4, 0.5) is 0 Å². The minimum atomic E-state index is -0.346. The maximum absolute atomic E-state index is 12.4. The van der Waals surface area contributed by atoms with Gasteiger partial charge in [-0.3, -0.25) is 4.79 Å². The van der Waals surface area contributed by atoms with Gasteiger partial charge in [0.1, 0.15) is 0 Å². The molecule has 1 fully saturated rings. The summed E-state index contributed by atoms with van der Waals surface area (Å²) in [4.78, 5) is 19.1. The third-order valence-electron chi connectivity index (χ3n) is 4.42. The van der Waals surface area contributed by atoms with Crippen LogP contribution >= 0.6 is 35.5 Å². The van der Waals surface area contributed by atoms with Crippen molar-refractivity contribution in [3.05, 3.63) is 29.3 Å². The smallest absolute Gasteiger partial charge is 0.239 e. The second kappa shape index (κ2) is 9.04. The van der Waals surface area contributed by atoms with Gasteiger partial charge < -0.3 is 10.6 Å². The normalized spacial score (nSPS) is 16.8. The Balaban J connectivity index is 0.00000208. The first-order valence-corrected chi connectivity index (χ1v) is 10.3. The molecule has 0 spiro atoms. The highest BCUT2D eigenvalue weighted by atomic mass is 35.5. The van der Waals surface area contributed by atoms with E-state index >= 15 is 0 Å². The number of thioether (sulfide) groups is 1. The molecule has 1 aliphatic rings. The van der Waals surface area contributed by atoms with Gasteiger partial charge in [0.05, 0.1) is 21.3 Å². The molecule has 4 nitrogen and oxygen atoms in total. The molecule has 3 rings (SSSR count). The Bertz CT molecular complexity index is 638. The molecule has 1 atom stereocenters. The van der Waals surface area contributed by atoms with Gasteiger partial charge in [-0.1, -0.05) is 12.1 Å². The second-order valence-corrected chi connectivity index (χ2v) is 8.06. The van der Waals surface area contributed by atoms with E-state index < -0.39 is 0 Å². The minimum Gasteiger partial charge on any atom is -0.341 e. The van der Waals surface area contributed by atoms with Crippen LogP contribution in [0.15, 0.2) is 24.3 Å². The Labute approximate surface area is 157 Å². The first-order valence-electron chi connectivity index (χ1n) is 8.08. The monoisotopic (exact) mass is 385 g/mol. The Kier molecular flexibility index (Phi) is 7.34. The summed E-state index contributed by atoms with van der Waals surface area (Å²) in [6.45, 7) is 1.60. The number of benzene rings is 1. The molecule has 24 heavy (non-hydrogen) atoms. The van der Waals surface area contributed by atoms with Crippen LogP contribution in [0.5, 0.6) is 0 Å². The summed E-state index contributed by atoms with van der Waals surface area (Å²) in [5.74, 6) is 1.52.